The first-order valence-electron chi connectivity index (χ1n) is 5.60. The number of nitrogens with zero attached hydrogens (tertiary/aromatic N) is 2. The molecule has 20 heavy (non-hydrogen) atoms. The summed E-state index contributed by atoms with van der Waals surface area (Å²) in [4.78, 5) is 19.2. The van der Waals surface area contributed by atoms with Gasteiger partial charge in [-0.2, -0.15) is 0 Å². The van der Waals surface area contributed by atoms with Gasteiger partial charge in [0.1, 0.15) is 0 Å². The predicted octanol–water partition coefficient (Wildman–Crippen LogP) is 2.00. The number of benzene rings is 1. The molecule has 0 radical (unpaired) electrons. The zero-order chi connectivity index (χ0) is 14.5. The van der Waals surface area contributed by atoms with Crippen LogP contribution in [0.1, 0.15) is 15.9 Å². The lowest BCUT2D eigenvalue weighted by Crippen LogP contribution is -2.30. The van der Waals surface area contributed by atoms with Crippen LogP contribution in [0.25, 0.3) is 0 Å². The number of amides is 1. The molecule has 0 saturated heterocycles. The molecule has 2 aromatic rings. The molecule has 4 N–H and O–H groups in total. The average molecular weight is 312 g/mol. The van der Waals surface area contributed by atoms with Gasteiger partial charge in [0.2, 0.25) is 5.95 Å². The monoisotopic (exact) mass is 311 g/mol. The number of carbonyl (C=O) groups is 1. The highest BCUT2D eigenvalue weighted by molar-refractivity contribution is 6.34. The molecule has 2 rings (SSSR count). The van der Waals surface area contributed by atoms with Gasteiger partial charge >= 0.3 is 0 Å². The van der Waals surface area contributed by atoms with Crippen LogP contribution in [0.2, 0.25) is 10.0 Å². The smallest absolute Gasteiger partial charge is 0.268 e. The summed E-state index contributed by atoms with van der Waals surface area (Å²) in [5, 5.41) is 4.12. The minimum atomic E-state index is -0.446. The topological polar surface area (TPSA) is 92.9 Å². The molecule has 0 unspecified atom stereocenters. The van der Waals surface area contributed by atoms with Gasteiger partial charge in [0.15, 0.2) is 0 Å². The third-order valence-corrected chi connectivity index (χ3v) is 2.85. The van der Waals surface area contributed by atoms with Gasteiger partial charge in [-0.25, -0.2) is 15.8 Å². The number of hydrogen-bond acceptors (Lipinski definition) is 5. The molecule has 0 aliphatic carbocycles. The van der Waals surface area contributed by atoms with E-state index < -0.39 is 5.91 Å². The molecular formula is C12H11Cl2N5O. The first-order valence-corrected chi connectivity index (χ1v) is 6.36. The number of nitrogens with one attached hydrogen (secondary N) is 2. The second-order valence-electron chi connectivity index (χ2n) is 3.90. The summed E-state index contributed by atoms with van der Waals surface area (Å²) in [6.07, 6.45) is 2.75. The van der Waals surface area contributed by atoms with Crippen LogP contribution in [-0.4, -0.2) is 15.9 Å². The molecule has 104 valence electrons. The molecule has 0 fully saturated rings. The maximum absolute atomic E-state index is 11.2. The highest BCUT2D eigenvalue weighted by Crippen LogP contribution is 2.19. The largest absolute Gasteiger partial charge is 0.350 e. The highest BCUT2D eigenvalue weighted by atomic mass is 35.5. The molecule has 1 amide bonds. The van der Waals surface area contributed by atoms with Crippen LogP contribution >= 0.6 is 23.2 Å². The molecule has 1 aromatic carbocycles. The lowest BCUT2D eigenvalue weighted by molar-refractivity contribution is 0.0953. The number of rotatable bonds is 4. The summed E-state index contributed by atoms with van der Waals surface area (Å²) in [5.41, 5.74) is 3.18. The van der Waals surface area contributed by atoms with Crippen LogP contribution < -0.4 is 16.6 Å². The first kappa shape index (κ1) is 14.5. The second-order valence-corrected chi connectivity index (χ2v) is 4.77. The summed E-state index contributed by atoms with van der Waals surface area (Å²) in [7, 11) is 0. The summed E-state index contributed by atoms with van der Waals surface area (Å²) in [5.74, 6) is 4.95. The molecule has 0 saturated carbocycles. The third kappa shape index (κ3) is 3.80. The molecule has 0 aliphatic heterocycles. The Morgan fingerprint density at radius 2 is 1.75 bits per heavy atom. The molecular weight excluding hydrogens is 301 g/mol. The third-order valence-electron chi connectivity index (χ3n) is 2.42. The van der Waals surface area contributed by atoms with Crippen molar-refractivity contribution in [3.8, 4) is 0 Å². The number of nitrogen functional groups attached to an aromatic ring is 1. The van der Waals surface area contributed by atoms with E-state index in [1.807, 2.05) is 5.43 Å². The average Bonchev–Trinajstić information content (AvgIpc) is 2.44. The minimum Gasteiger partial charge on any atom is -0.350 e. The van der Waals surface area contributed by atoms with Crippen molar-refractivity contribution >= 4 is 35.1 Å². The maximum atomic E-state index is 11.2. The first-order chi connectivity index (χ1) is 9.58. The van der Waals surface area contributed by atoms with Gasteiger partial charge in [-0.15, -0.1) is 0 Å². The van der Waals surface area contributed by atoms with Crippen molar-refractivity contribution in [1.29, 1.82) is 0 Å². The number of halogens is 2. The Morgan fingerprint density at radius 1 is 1.15 bits per heavy atom. The lowest BCUT2D eigenvalue weighted by atomic mass is 10.2. The van der Waals surface area contributed by atoms with E-state index in [4.69, 9.17) is 29.0 Å². The Labute approximate surface area is 125 Å². The highest BCUT2D eigenvalue weighted by Gasteiger charge is 2.05. The van der Waals surface area contributed by atoms with E-state index in [1.54, 1.807) is 18.2 Å². The molecule has 0 atom stereocenters. The summed E-state index contributed by atoms with van der Waals surface area (Å²) in [6.45, 7) is 0.461. The molecule has 1 aromatic heterocycles. The normalized spacial score (nSPS) is 10.2. The number of hydrazine groups is 1. The van der Waals surface area contributed by atoms with E-state index in [9.17, 15) is 4.79 Å². The Morgan fingerprint density at radius 3 is 2.30 bits per heavy atom. The Bertz CT molecular complexity index is 597. The van der Waals surface area contributed by atoms with Crippen LogP contribution in [0.4, 0.5) is 5.95 Å². The fraction of sp³-hybridized carbons (Fsp3) is 0.0833. The van der Waals surface area contributed by atoms with Gasteiger partial charge in [0.05, 0.1) is 5.56 Å². The van der Waals surface area contributed by atoms with Gasteiger partial charge in [0.25, 0.3) is 5.91 Å². The fourth-order valence-corrected chi connectivity index (χ4v) is 2.09. The van der Waals surface area contributed by atoms with Gasteiger partial charge in [-0.05, 0) is 23.8 Å². The number of carbonyl (C=O) groups excluding carboxylic acids is 1. The number of aromatic nitrogens is 2. The molecule has 0 bridgehead atoms. The van der Waals surface area contributed by atoms with E-state index >= 15 is 0 Å². The van der Waals surface area contributed by atoms with Crippen molar-refractivity contribution in [3.63, 3.8) is 0 Å². The van der Waals surface area contributed by atoms with Crippen molar-refractivity contribution in [1.82, 2.24) is 15.4 Å². The summed E-state index contributed by atoms with van der Waals surface area (Å²) >= 11 is 11.8. The molecule has 0 spiro atoms. The molecule has 8 heteroatoms. The van der Waals surface area contributed by atoms with E-state index in [0.29, 0.717) is 22.5 Å². The zero-order valence-corrected chi connectivity index (χ0v) is 11.7. The van der Waals surface area contributed by atoms with E-state index in [-0.39, 0.29) is 5.56 Å². The van der Waals surface area contributed by atoms with Gasteiger partial charge in [-0.3, -0.25) is 10.2 Å². The van der Waals surface area contributed by atoms with Crippen LogP contribution in [0.15, 0.2) is 30.6 Å². The molecule has 0 aliphatic rings. The van der Waals surface area contributed by atoms with Crippen LogP contribution in [0.5, 0.6) is 0 Å². The summed E-state index contributed by atoms with van der Waals surface area (Å²) in [6, 6.07) is 5.23. The standard InChI is InChI=1S/C12H11Cl2N5O/c13-9-1-7(2-10(14)3-9)4-16-12-17-5-8(6-18-12)11(20)19-15/h1-3,5-6H,4,15H2,(H,19,20)(H,16,17,18). The number of hydrogen-bond donors (Lipinski definition) is 3. The van der Waals surface area contributed by atoms with Crippen molar-refractivity contribution in [2.24, 2.45) is 5.84 Å². The van der Waals surface area contributed by atoms with Crippen LogP contribution in [0, 0.1) is 0 Å². The number of nitrogens with two attached hydrogens (primary N) is 1. The van der Waals surface area contributed by atoms with Gasteiger partial charge < -0.3 is 5.32 Å². The lowest BCUT2D eigenvalue weighted by Gasteiger charge is -2.06. The van der Waals surface area contributed by atoms with Gasteiger partial charge in [-0.1, -0.05) is 23.2 Å². The van der Waals surface area contributed by atoms with E-state index in [1.165, 1.54) is 12.4 Å². The Balaban J connectivity index is 2.02. The maximum Gasteiger partial charge on any atom is 0.268 e. The predicted molar refractivity (Wildman–Crippen MR) is 77.5 cm³/mol. The van der Waals surface area contributed by atoms with Crippen LogP contribution in [-0.2, 0) is 6.54 Å². The Kier molecular flexibility index (Phi) is 4.73. The van der Waals surface area contributed by atoms with Crippen molar-refractivity contribution in [3.05, 3.63) is 51.8 Å². The molecule has 6 nitrogen and oxygen atoms in total. The Hall–Kier alpha value is -1.89. The van der Waals surface area contributed by atoms with Gasteiger partial charge in [0, 0.05) is 29.0 Å². The van der Waals surface area contributed by atoms with Crippen molar-refractivity contribution in [2.45, 2.75) is 6.54 Å². The van der Waals surface area contributed by atoms with E-state index in [0.717, 1.165) is 5.56 Å². The van der Waals surface area contributed by atoms with Crippen molar-refractivity contribution in [2.75, 3.05) is 5.32 Å². The second kappa shape index (κ2) is 6.51. The SMILES string of the molecule is NNC(=O)c1cnc(NCc2cc(Cl)cc(Cl)c2)nc1. The molecule has 1 heterocycles. The minimum absolute atomic E-state index is 0.281. The zero-order valence-electron chi connectivity index (χ0n) is 10.2. The fourth-order valence-electron chi connectivity index (χ4n) is 1.51. The number of anilines is 1. The van der Waals surface area contributed by atoms with Crippen LogP contribution in [0.3, 0.4) is 0 Å². The van der Waals surface area contributed by atoms with Crippen molar-refractivity contribution < 1.29 is 4.79 Å². The van der Waals surface area contributed by atoms with E-state index in [2.05, 4.69) is 15.3 Å². The quantitative estimate of drug-likeness (QED) is 0.456. The summed E-state index contributed by atoms with van der Waals surface area (Å²) < 4.78 is 0.